The summed E-state index contributed by atoms with van der Waals surface area (Å²) in [5, 5.41) is 14.6. The van der Waals surface area contributed by atoms with E-state index in [0.29, 0.717) is 35.3 Å². The van der Waals surface area contributed by atoms with Crippen molar-refractivity contribution in [2.75, 3.05) is 14.2 Å². The average molecular weight is 463 g/mol. The van der Waals surface area contributed by atoms with Gasteiger partial charge in [0.15, 0.2) is 0 Å². The highest BCUT2D eigenvalue weighted by Gasteiger charge is 2.22. The molecule has 4 aromatic rings. The van der Waals surface area contributed by atoms with Crippen LogP contribution in [-0.4, -0.2) is 39.0 Å². The molecule has 0 aliphatic rings. The molecule has 2 aromatic carbocycles. The quantitative estimate of drug-likeness (QED) is 0.398. The number of hydrogen-bond acceptors (Lipinski definition) is 8. The number of aromatic nitrogens is 4. The molecule has 2 aromatic heterocycles. The first-order valence-corrected chi connectivity index (χ1v) is 11.0. The van der Waals surface area contributed by atoms with E-state index in [0.717, 1.165) is 24.0 Å². The standard InChI is InChI=1S/C25H26N4O5/c1-4-5-9-21-27-24(30)18(14-16-10-12-17(13-11-16)23-26-15-34-28-23)25(31)29(21)22-19(32-2)7-6-8-20(22)33-3/h6-8,10-13,15,30H,4-5,9,14H2,1-3H3. The van der Waals surface area contributed by atoms with Gasteiger partial charge in [0.2, 0.25) is 18.1 Å². The number of nitrogens with zero attached hydrogens (tertiary/aromatic N) is 4. The number of methoxy groups -OCH3 is 2. The van der Waals surface area contributed by atoms with Crippen molar-refractivity contribution in [1.29, 1.82) is 0 Å². The molecular weight excluding hydrogens is 436 g/mol. The van der Waals surface area contributed by atoms with Crippen molar-refractivity contribution >= 4 is 0 Å². The minimum atomic E-state index is -0.372. The Labute approximate surface area is 196 Å². The number of aryl methyl sites for hydroxylation is 1. The highest BCUT2D eigenvalue weighted by molar-refractivity contribution is 5.58. The Morgan fingerprint density at radius 3 is 2.35 bits per heavy atom. The third-order valence-corrected chi connectivity index (χ3v) is 5.56. The van der Waals surface area contributed by atoms with Gasteiger partial charge in [0.1, 0.15) is 23.0 Å². The number of aromatic hydroxyl groups is 1. The van der Waals surface area contributed by atoms with Crippen LogP contribution in [0.25, 0.3) is 17.1 Å². The molecule has 2 heterocycles. The van der Waals surface area contributed by atoms with E-state index in [9.17, 15) is 9.90 Å². The molecule has 0 fully saturated rings. The summed E-state index contributed by atoms with van der Waals surface area (Å²) in [6.45, 7) is 2.05. The van der Waals surface area contributed by atoms with E-state index in [-0.39, 0.29) is 23.4 Å². The maximum absolute atomic E-state index is 13.8. The third kappa shape index (κ3) is 4.50. The first-order chi connectivity index (χ1) is 16.6. The lowest BCUT2D eigenvalue weighted by Gasteiger charge is -2.19. The maximum Gasteiger partial charge on any atom is 0.265 e. The van der Waals surface area contributed by atoms with Crippen LogP contribution in [0.2, 0.25) is 0 Å². The van der Waals surface area contributed by atoms with Gasteiger partial charge < -0.3 is 19.1 Å². The lowest BCUT2D eigenvalue weighted by Crippen LogP contribution is -2.28. The normalized spacial score (nSPS) is 10.9. The van der Waals surface area contributed by atoms with Crippen molar-refractivity contribution in [1.82, 2.24) is 19.7 Å². The van der Waals surface area contributed by atoms with Gasteiger partial charge in [-0.05, 0) is 24.1 Å². The fourth-order valence-electron chi connectivity index (χ4n) is 3.80. The van der Waals surface area contributed by atoms with Gasteiger partial charge in [-0.15, -0.1) is 0 Å². The molecule has 0 amide bonds. The second-order valence-corrected chi connectivity index (χ2v) is 7.71. The predicted octanol–water partition coefficient (Wildman–Crippen LogP) is 3.94. The number of benzene rings is 2. The van der Waals surface area contributed by atoms with E-state index in [1.807, 2.05) is 24.3 Å². The number of rotatable bonds is 9. The number of unbranched alkanes of at least 4 members (excludes halogenated alkanes) is 1. The largest absolute Gasteiger partial charge is 0.494 e. The van der Waals surface area contributed by atoms with Gasteiger partial charge in [0.05, 0.1) is 19.8 Å². The first-order valence-electron chi connectivity index (χ1n) is 11.0. The van der Waals surface area contributed by atoms with Crippen molar-refractivity contribution < 1.29 is 19.1 Å². The van der Waals surface area contributed by atoms with E-state index in [2.05, 4.69) is 22.0 Å². The van der Waals surface area contributed by atoms with Crippen LogP contribution < -0.4 is 15.0 Å². The Balaban J connectivity index is 1.82. The van der Waals surface area contributed by atoms with Crippen LogP contribution in [0.5, 0.6) is 17.4 Å². The van der Waals surface area contributed by atoms with Gasteiger partial charge in [-0.2, -0.15) is 9.97 Å². The first kappa shape index (κ1) is 23.0. The zero-order valence-electron chi connectivity index (χ0n) is 19.3. The van der Waals surface area contributed by atoms with Crippen molar-refractivity contribution in [2.24, 2.45) is 0 Å². The molecule has 0 aliphatic carbocycles. The fraction of sp³-hybridized carbons (Fsp3) is 0.280. The lowest BCUT2D eigenvalue weighted by molar-refractivity contribution is 0.387. The summed E-state index contributed by atoms with van der Waals surface area (Å²) >= 11 is 0. The van der Waals surface area contributed by atoms with Crippen LogP contribution in [0.15, 0.2) is 58.2 Å². The van der Waals surface area contributed by atoms with Crippen LogP contribution in [0.4, 0.5) is 0 Å². The Morgan fingerprint density at radius 1 is 1.06 bits per heavy atom. The van der Waals surface area contributed by atoms with Crippen molar-refractivity contribution in [3.63, 3.8) is 0 Å². The molecule has 1 N–H and O–H groups in total. The Bertz CT molecular complexity index is 1290. The van der Waals surface area contributed by atoms with Gasteiger partial charge in [0.25, 0.3) is 5.56 Å². The molecule has 0 bridgehead atoms. The molecule has 9 nitrogen and oxygen atoms in total. The highest BCUT2D eigenvalue weighted by atomic mass is 16.5. The average Bonchev–Trinajstić information content (AvgIpc) is 3.40. The predicted molar refractivity (Wildman–Crippen MR) is 126 cm³/mol. The van der Waals surface area contributed by atoms with Gasteiger partial charge in [-0.3, -0.25) is 9.36 Å². The Kier molecular flexibility index (Phi) is 6.91. The molecule has 4 rings (SSSR count). The molecular formula is C25H26N4O5. The topological polar surface area (TPSA) is 113 Å². The molecule has 0 unspecified atom stereocenters. The van der Waals surface area contributed by atoms with E-state index >= 15 is 0 Å². The summed E-state index contributed by atoms with van der Waals surface area (Å²) in [6, 6.07) is 12.7. The molecule has 34 heavy (non-hydrogen) atoms. The van der Waals surface area contributed by atoms with Crippen molar-refractivity contribution in [2.45, 2.75) is 32.6 Å². The zero-order chi connectivity index (χ0) is 24.1. The van der Waals surface area contributed by atoms with Crippen LogP contribution in [-0.2, 0) is 12.8 Å². The molecule has 176 valence electrons. The summed E-state index contributed by atoms with van der Waals surface area (Å²) in [4.78, 5) is 22.3. The van der Waals surface area contributed by atoms with Gasteiger partial charge >= 0.3 is 0 Å². The van der Waals surface area contributed by atoms with Crippen molar-refractivity contribution in [3.8, 4) is 34.5 Å². The van der Waals surface area contributed by atoms with Gasteiger partial charge in [0, 0.05) is 18.4 Å². The number of ether oxygens (including phenoxy) is 2. The summed E-state index contributed by atoms with van der Waals surface area (Å²) in [6.07, 6.45) is 3.69. The third-order valence-electron chi connectivity index (χ3n) is 5.56. The van der Waals surface area contributed by atoms with Crippen LogP contribution in [0.3, 0.4) is 0 Å². The van der Waals surface area contributed by atoms with Gasteiger partial charge in [-0.25, -0.2) is 0 Å². The lowest BCUT2D eigenvalue weighted by atomic mass is 10.0. The van der Waals surface area contributed by atoms with Crippen LogP contribution in [0.1, 0.15) is 36.7 Å². The van der Waals surface area contributed by atoms with E-state index in [1.54, 1.807) is 18.2 Å². The van der Waals surface area contributed by atoms with Gasteiger partial charge in [-0.1, -0.05) is 48.8 Å². The summed E-state index contributed by atoms with van der Waals surface area (Å²) in [5.74, 6) is 1.60. The Morgan fingerprint density at radius 2 is 1.76 bits per heavy atom. The number of hydrogen-bond donors (Lipinski definition) is 1. The second-order valence-electron chi connectivity index (χ2n) is 7.71. The summed E-state index contributed by atoms with van der Waals surface area (Å²) in [5.41, 5.74) is 1.88. The molecule has 9 heteroatoms. The van der Waals surface area contributed by atoms with E-state index in [4.69, 9.17) is 14.0 Å². The fourth-order valence-corrected chi connectivity index (χ4v) is 3.80. The monoisotopic (exact) mass is 462 g/mol. The highest BCUT2D eigenvalue weighted by Crippen LogP contribution is 2.33. The van der Waals surface area contributed by atoms with E-state index < -0.39 is 0 Å². The van der Waals surface area contributed by atoms with Crippen LogP contribution >= 0.6 is 0 Å². The summed E-state index contributed by atoms with van der Waals surface area (Å²) < 4.78 is 17.4. The second kappa shape index (κ2) is 10.2. The molecule has 0 saturated heterocycles. The summed E-state index contributed by atoms with van der Waals surface area (Å²) in [7, 11) is 3.07. The molecule has 0 spiro atoms. The molecule has 0 aliphatic heterocycles. The van der Waals surface area contributed by atoms with E-state index in [1.165, 1.54) is 25.2 Å². The molecule has 0 radical (unpaired) electrons. The SMILES string of the molecule is CCCCc1nc(O)c(Cc2ccc(-c3ncon3)cc2)c(=O)n1-c1c(OC)cccc1OC. The minimum Gasteiger partial charge on any atom is -0.494 e. The molecule has 0 saturated carbocycles. The van der Waals surface area contributed by atoms with Crippen LogP contribution in [0, 0.1) is 0 Å². The Hall–Kier alpha value is -4.14. The minimum absolute atomic E-state index is 0.181. The van der Waals surface area contributed by atoms with Crippen molar-refractivity contribution in [3.05, 3.63) is 76.2 Å². The zero-order valence-corrected chi connectivity index (χ0v) is 19.3. The smallest absolute Gasteiger partial charge is 0.265 e. The maximum atomic E-state index is 13.8. The molecule has 0 atom stereocenters. The number of para-hydroxylation sites is 1.